The van der Waals surface area contributed by atoms with E-state index in [1.54, 1.807) is 24.3 Å². The van der Waals surface area contributed by atoms with Gasteiger partial charge in [0.15, 0.2) is 0 Å². The molecule has 29 heavy (non-hydrogen) atoms. The topological polar surface area (TPSA) is 79.5 Å². The van der Waals surface area contributed by atoms with Crippen LogP contribution < -0.4 is 5.43 Å². The molecule has 0 atom stereocenters. The molecule has 144 valence electrons. The Hall–Kier alpha value is -3.93. The van der Waals surface area contributed by atoms with Crippen LogP contribution in [0.25, 0.3) is 11.0 Å². The fourth-order valence-corrected chi connectivity index (χ4v) is 3.16. The lowest BCUT2D eigenvalue weighted by atomic mass is 10.1. The Morgan fingerprint density at radius 2 is 1.72 bits per heavy atom. The van der Waals surface area contributed by atoms with E-state index in [0.717, 1.165) is 22.4 Å². The van der Waals surface area contributed by atoms with Crippen molar-refractivity contribution in [3.63, 3.8) is 0 Å². The summed E-state index contributed by atoms with van der Waals surface area (Å²) in [6.45, 7) is 0.0980. The number of nitrogens with one attached hydrogen (secondary N) is 1. The number of imidazole rings is 1. The predicted molar refractivity (Wildman–Crippen MR) is 113 cm³/mol. The molecule has 0 aliphatic heterocycles. The Labute approximate surface area is 168 Å². The highest BCUT2D eigenvalue weighted by atomic mass is 16.3. The lowest BCUT2D eigenvalue weighted by Crippen LogP contribution is -2.24. The summed E-state index contributed by atoms with van der Waals surface area (Å²) in [7, 11) is 0. The molecule has 4 rings (SSSR count). The van der Waals surface area contributed by atoms with E-state index in [1.165, 1.54) is 6.21 Å². The second-order valence-corrected chi connectivity index (χ2v) is 6.62. The average Bonchev–Trinajstić information content (AvgIpc) is 3.07. The third-order valence-electron chi connectivity index (χ3n) is 4.57. The van der Waals surface area contributed by atoms with Crippen LogP contribution in [0, 0.1) is 0 Å². The molecule has 0 saturated carbocycles. The van der Waals surface area contributed by atoms with Gasteiger partial charge in [0.25, 0.3) is 5.91 Å². The maximum absolute atomic E-state index is 12.5. The van der Waals surface area contributed by atoms with Crippen molar-refractivity contribution >= 4 is 23.2 Å². The van der Waals surface area contributed by atoms with Gasteiger partial charge in [-0.2, -0.15) is 5.10 Å². The molecule has 0 fully saturated rings. The first-order chi connectivity index (χ1) is 14.2. The van der Waals surface area contributed by atoms with E-state index in [-0.39, 0.29) is 18.2 Å². The van der Waals surface area contributed by atoms with Crippen molar-refractivity contribution < 1.29 is 9.90 Å². The van der Waals surface area contributed by atoms with Crippen LogP contribution in [0.4, 0.5) is 0 Å². The van der Waals surface area contributed by atoms with Gasteiger partial charge in [0.2, 0.25) is 0 Å². The number of hydrazone groups is 1. The molecule has 0 unspecified atom stereocenters. The van der Waals surface area contributed by atoms with E-state index in [4.69, 9.17) is 4.98 Å². The summed E-state index contributed by atoms with van der Waals surface area (Å²) in [5, 5.41) is 13.7. The summed E-state index contributed by atoms with van der Waals surface area (Å²) in [6, 6.07) is 24.6. The highest BCUT2D eigenvalue weighted by Gasteiger charge is 2.13. The number of nitrogens with zero attached hydrogens (tertiary/aromatic N) is 3. The van der Waals surface area contributed by atoms with Gasteiger partial charge in [0.05, 0.1) is 17.2 Å². The number of hydrogen-bond acceptors (Lipinski definition) is 4. The van der Waals surface area contributed by atoms with Crippen molar-refractivity contribution in [1.29, 1.82) is 0 Å². The van der Waals surface area contributed by atoms with E-state index in [9.17, 15) is 9.90 Å². The van der Waals surface area contributed by atoms with Crippen molar-refractivity contribution in [1.82, 2.24) is 15.0 Å². The zero-order valence-corrected chi connectivity index (χ0v) is 15.7. The van der Waals surface area contributed by atoms with Gasteiger partial charge in [-0.05, 0) is 29.8 Å². The zero-order valence-electron chi connectivity index (χ0n) is 15.7. The van der Waals surface area contributed by atoms with Gasteiger partial charge >= 0.3 is 0 Å². The molecule has 3 aromatic carbocycles. The molecule has 2 N–H and O–H groups in total. The van der Waals surface area contributed by atoms with Crippen LogP contribution >= 0.6 is 0 Å². The summed E-state index contributed by atoms with van der Waals surface area (Å²) < 4.78 is 1.91. The van der Waals surface area contributed by atoms with Gasteiger partial charge in [-0.3, -0.25) is 4.79 Å². The molecule has 1 amide bonds. The Morgan fingerprint density at radius 1 is 1.00 bits per heavy atom. The van der Waals surface area contributed by atoms with Crippen LogP contribution in [0.15, 0.2) is 84.0 Å². The average molecular weight is 384 g/mol. The normalized spacial score (nSPS) is 11.2. The largest absolute Gasteiger partial charge is 0.507 e. The summed E-state index contributed by atoms with van der Waals surface area (Å²) in [5.74, 6) is 0.655. The predicted octanol–water partition coefficient (Wildman–Crippen LogP) is 3.48. The lowest BCUT2D eigenvalue weighted by molar-refractivity contribution is -0.121. The SMILES string of the molecule is O=C(Cn1c(Cc2ccccc2)nc2ccccc21)N/N=C/c1ccccc1O. The summed E-state index contributed by atoms with van der Waals surface area (Å²) in [6.07, 6.45) is 2.05. The summed E-state index contributed by atoms with van der Waals surface area (Å²) in [4.78, 5) is 17.2. The smallest absolute Gasteiger partial charge is 0.260 e. The number of carbonyl (C=O) groups excluding carboxylic acids is 1. The van der Waals surface area contributed by atoms with E-state index < -0.39 is 0 Å². The minimum Gasteiger partial charge on any atom is -0.507 e. The molecule has 6 nitrogen and oxygen atoms in total. The molecule has 0 saturated heterocycles. The standard InChI is InChI=1S/C23H20N4O2/c28-21-13-7-4-10-18(21)15-24-26-23(29)16-27-20-12-6-5-11-19(20)25-22(27)14-17-8-2-1-3-9-17/h1-13,15,28H,14,16H2,(H,26,29)/b24-15+. The number of fused-ring (bicyclic) bond motifs is 1. The molecule has 6 heteroatoms. The first kappa shape index (κ1) is 18.4. The summed E-state index contributed by atoms with van der Waals surface area (Å²) >= 11 is 0. The second kappa shape index (κ2) is 8.39. The van der Waals surface area contributed by atoms with Gasteiger partial charge in [0.1, 0.15) is 18.1 Å². The molecule has 1 heterocycles. The van der Waals surface area contributed by atoms with Gasteiger partial charge < -0.3 is 9.67 Å². The minimum atomic E-state index is -0.269. The Kier molecular flexibility index (Phi) is 5.33. The Morgan fingerprint density at radius 3 is 2.55 bits per heavy atom. The van der Waals surface area contributed by atoms with Gasteiger partial charge in [-0.25, -0.2) is 10.4 Å². The van der Waals surface area contributed by atoms with Gasteiger partial charge in [-0.1, -0.05) is 54.6 Å². The highest BCUT2D eigenvalue weighted by molar-refractivity contribution is 5.85. The van der Waals surface area contributed by atoms with Crippen LogP contribution in [-0.2, 0) is 17.8 Å². The van der Waals surface area contributed by atoms with Gasteiger partial charge in [0, 0.05) is 12.0 Å². The number of rotatable bonds is 6. The molecule has 0 aliphatic carbocycles. The second-order valence-electron chi connectivity index (χ2n) is 6.62. The first-order valence-corrected chi connectivity index (χ1v) is 9.28. The number of amides is 1. The van der Waals surface area contributed by atoms with E-state index in [2.05, 4.69) is 10.5 Å². The number of benzene rings is 3. The molecule has 0 aliphatic rings. The van der Waals surface area contributed by atoms with Crippen LogP contribution in [0.5, 0.6) is 5.75 Å². The minimum absolute atomic E-state index is 0.0980. The highest BCUT2D eigenvalue weighted by Crippen LogP contribution is 2.18. The maximum Gasteiger partial charge on any atom is 0.260 e. The number of phenolic OH excluding ortho intramolecular Hbond substituents is 1. The number of aromatic hydroxyl groups is 1. The molecule has 0 radical (unpaired) electrons. The zero-order chi connectivity index (χ0) is 20.1. The third kappa shape index (κ3) is 4.32. The van der Waals surface area contributed by atoms with Crippen molar-refractivity contribution in [2.24, 2.45) is 5.10 Å². The third-order valence-corrected chi connectivity index (χ3v) is 4.57. The molecule has 1 aromatic heterocycles. The van der Waals surface area contributed by atoms with Crippen LogP contribution in [0.3, 0.4) is 0 Å². The monoisotopic (exact) mass is 384 g/mol. The number of aromatic nitrogens is 2. The fourth-order valence-electron chi connectivity index (χ4n) is 3.16. The van der Waals surface area contributed by atoms with Crippen LogP contribution in [-0.4, -0.2) is 26.8 Å². The summed E-state index contributed by atoms with van der Waals surface area (Å²) in [5.41, 5.74) is 5.94. The van der Waals surface area contributed by atoms with Crippen molar-refractivity contribution in [2.45, 2.75) is 13.0 Å². The number of hydrogen-bond donors (Lipinski definition) is 2. The number of carbonyl (C=O) groups is 1. The molecular weight excluding hydrogens is 364 g/mol. The maximum atomic E-state index is 12.5. The van der Waals surface area contributed by atoms with Crippen molar-refractivity contribution in [3.8, 4) is 5.75 Å². The van der Waals surface area contributed by atoms with E-state index in [1.807, 2.05) is 59.2 Å². The molecule has 4 aromatic rings. The van der Waals surface area contributed by atoms with Crippen molar-refractivity contribution in [3.05, 3.63) is 95.8 Å². The van der Waals surface area contributed by atoms with Crippen LogP contribution in [0.1, 0.15) is 17.0 Å². The van der Waals surface area contributed by atoms with E-state index >= 15 is 0 Å². The molecule has 0 spiro atoms. The Balaban J connectivity index is 1.54. The first-order valence-electron chi connectivity index (χ1n) is 9.28. The van der Waals surface area contributed by atoms with Crippen LogP contribution in [0.2, 0.25) is 0 Å². The number of phenols is 1. The van der Waals surface area contributed by atoms with E-state index in [0.29, 0.717) is 12.0 Å². The molecular formula is C23H20N4O2. The number of para-hydroxylation sites is 3. The van der Waals surface area contributed by atoms with Gasteiger partial charge in [-0.15, -0.1) is 0 Å². The Bertz CT molecular complexity index is 1170. The lowest BCUT2D eigenvalue weighted by Gasteiger charge is -2.08. The quantitative estimate of drug-likeness (QED) is 0.395. The molecule has 0 bridgehead atoms. The fraction of sp³-hybridized carbons (Fsp3) is 0.0870. The van der Waals surface area contributed by atoms with Crippen molar-refractivity contribution in [2.75, 3.05) is 0 Å².